The van der Waals surface area contributed by atoms with Crippen molar-refractivity contribution >= 4 is 60.7 Å². The van der Waals surface area contributed by atoms with Crippen molar-refractivity contribution in [3.8, 4) is 22.3 Å². The predicted octanol–water partition coefficient (Wildman–Crippen LogP) is 9.38. The third kappa shape index (κ3) is 8.75. The van der Waals surface area contributed by atoms with E-state index in [0.717, 1.165) is 44.4 Å². The molecule has 2 aliphatic carbocycles. The van der Waals surface area contributed by atoms with Crippen LogP contribution in [0.2, 0.25) is 0 Å². The molecule has 0 spiro atoms. The largest absolute Gasteiger partial charge is 2.00 e. The van der Waals surface area contributed by atoms with Crippen molar-refractivity contribution in [1.82, 2.24) is 0 Å². The van der Waals surface area contributed by atoms with E-state index in [9.17, 15) is 4.79 Å². The molecule has 0 aromatic heterocycles. The Labute approximate surface area is 362 Å². The second-order valence-electron chi connectivity index (χ2n) is 12.7. The van der Waals surface area contributed by atoms with Gasteiger partial charge in [0, 0.05) is 33.3 Å². The van der Waals surface area contributed by atoms with E-state index in [4.69, 9.17) is 4.74 Å². The summed E-state index contributed by atoms with van der Waals surface area (Å²) < 4.78 is 7.00. The van der Waals surface area contributed by atoms with Crippen LogP contribution in [0.1, 0.15) is 51.0 Å². The van der Waals surface area contributed by atoms with Crippen molar-refractivity contribution in [2.75, 3.05) is 13.2 Å². The number of hydrogen-bond donors (Lipinski definition) is 0. The van der Waals surface area contributed by atoms with Crippen LogP contribution in [-0.4, -0.2) is 42.0 Å². The van der Waals surface area contributed by atoms with Crippen molar-refractivity contribution in [1.29, 1.82) is 0 Å². The smallest absolute Gasteiger partial charge is 1.00 e. The van der Waals surface area contributed by atoms with Gasteiger partial charge in [-0.15, -0.1) is 0 Å². The van der Waals surface area contributed by atoms with Crippen LogP contribution in [0.15, 0.2) is 185 Å². The first-order valence-electron chi connectivity index (χ1n) is 17.5. The predicted molar refractivity (Wildman–Crippen MR) is 226 cm³/mol. The number of benzene rings is 7. The van der Waals surface area contributed by atoms with Crippen molar-refractivity contribution in [3.05, 3.63) is 224 Å². The SMILES string of the molecule is Brc1ccc2c(c1)C(c1ccccc1)(c1ccccc1)c1ccccc1-2.C1CCOC1.O=C1c2ccccc2-c2ccc(Br)cc21.[Br-].[Mg+2].[c-]1ccccc1. The molecule has 0 unspecified atom stereocenters. The van der Waals surface area contributed by atoms with Crippen LogP contribution in [0.3, 0.4) is 0 Å². The first-order chi connectivity index (χ1) is 25.6. The second kappa shape index (κ2) is 19.8. The zero-order valence-corrected chi connectivity index (χ0v) is 35.9. The molecule has 7 aromatic rings. The first kappa shape index (κ1) is 41.5. The van der Waals surface area contributed by atoms with Gasteiger partial charge in [-0.1, -0.05) is 153 Å². The topological polar surface area (TPSA) is 26.3 Å². The average molecular weight is 910 g/mol. The van der Waals surface area contributed by atoms with Crippen LogP contribution >= 0.6 is 31.9 Å². The maximum absolute atomic E-state index is 12.0. The van der Waals surface area contributed by atoms with Gasteiger partial charge in [0.25, 0.3) is 0 Å². The zero-order valence-electron chi connectivity index (χ0n) is 29.7. The molecule has 1 aliphatic heterocycles. The number of ether oxygens (including phenoxy) is 1. The van der Waals surface area contributed by atoms with Gasteiger partial charge in [-0.3, -0.25) is 4.79 Å². The minimum atomic E-state index is -0.293. The third-order valence-corrected chi connectivity index (χ3v) is 10.5. The Morgan fingerprint density at radius 2 is 0.944 bits per heavy atom. The molecule has 264 valence electrons. The van der Waals surface area contributed by atoms with Crippen LogP contribution in [-0.2, 0) is 10.2 Å². The Balaban J connectivity index is 0.000000168. The quantitative estimate of drug-likeness (QED) is 0.128. The monoisotopic (exact) mass is 906 g/mol. The molecule has 3 aliphatic rings. The molecule has 2 nitrogen and oxygen atoms in total. The Kier molecular flexibility index (Phi) is 15.2. The Bertz CT molecular complexity index is 2200. The summed E-state index contributed by atoms with van der Waals surface area (Å²) in [6, 6.07) is 63.3. The maximum atomic E-state index is 12.0. The summed E-state index contributed by atoms with van der Waals surface area (Å²) >= 11 is 7.09. The van der Waals surface area contributed by atoms with E-state index in [2.05, 4.69) is 141 Å². The number of hydrogen-bond acceptors (Lipinski definition) is 2. The summed E-state index contributed by atoms with van der Waals surface area (Å²) in [5, 5.41) is 0. The molecule has 10 rings (SSSR count). The molecule has 1 saturated heterocycles. The number of carbonyl (C=O) groups excluding carboxylic acids is 1. The first-order valence-corrected chi connectivity index (χ1v) is 19.1. The van der Waals surface area contributed by atoms with Crippen LogP contribution in [0.25, 0.3) is 22.3 Å². The molecule has 1 fully saturated rings. The molecular formula is C48H37Br3MgO2. The summed E-state index contributed by atoms with van der Waals surface area (Å²) in [5.74, 6) is 0.127. The molecule has 0 atom stereocenters. The number of fused-ring (bicyclic) bond motifs is 6. The summed E-state index contributed by atoms with van der Waals surface area (Å²) in [6.45, 7) is 2.00. The number of halogens is 3. The molecular weight excluding hydrogens is 873 g/mol. The van der Waals surface area contributed by atoms with Crippen LogP contribution in [0.5, 0.6) is 0 Å². The number of rotatable bonds is 2. The number of carbonyl (C=O) groups is 1. The van der Waals surface area contributed by atoms with E-state index in [0.29, 0.717) is 0 Å². The van der Waals surface area contributed by atoms with Crippen molar-refractivity contribution < 1.29 is 26.5 Å². The standard InChI is InChI=1S/C25H17Br.C13H7BrO.C6H5.C4H8O.BrH.Mg/c26-20-15-16-22-21-13-7-8-14-23(21)25(24(22)17-20,18-9-3-1-4-10-18)19-11-5-2-6-12-19;14-8-5-6-10-9-3-1-2-4-11(9)13(15)12(10)7-8;1-2-4-6-5-3-1;1-2-4-5-3-1;;/h1-17H;1-7H;1-5H;1-4H2;1H;/q;;-1;;;+2/p-1. The van der Waals surface area contributed by atoms with Gasteiger partial charge in [-0.2, -0.15) is 36.4 Å². The van der Waals surface area contributed by atoms with Crippen LogP contribution < -0.4 is 17.0 Å². The van der Waals surface area contributed by atoms with Gasteiger partial charge in [0.15, 0.2) is 5.78 Å². The molecule has 0 N–H and O–H groups in total. The Morgan fingerprint density at radius 3 is 1.48 bits per heavy atom. The maximum Gasteiger partial charge on any atom is 2.00 e. The Hall–Kier alpha value is -3.62. The fourth-order valence-electron chi connectivity index (χ4n) is 7.27. The van der Waals surface area contributed by atoms with Crippen LogP contribution in [0.4, 0.5) is 0 Å². The molecule has 54 heavy (non-hydrogen) atoms. The van der Waals surface area contributed by atoms with E-state index in [1.165, 1.54) is 46.2 Å². The van der Waals surface area contributed by atoms with Gasteiger partial charge in [0.2, 0.25) is 0 Å². The van der Waals surface area contributed by atoms with Gasteiger partial charge < -0.3 is 21.7 Å². The molecule has 0 amide bonds. The van der Waals surface area contributed by atoms with E-state index in [-0.39, 0.29) is 51.2 Å². The molecule has 0 radical (unpaired) electrons. The Morgan fingerprint density at radius 1 is 0.481 bits per heavy atom. The third-order valence-electron chi connectivity index (χ3n) is 9.54. The van der Waals surface area contributed by atoms with Gasteiger partial charge in [0.1, 0.15) is 0 Å². The fourth-order valence-corrected chi connectivity index (χ4v) is 7.99. The molecule has 1 heterocycles. The molecule has 0 bridgehead atoms. The van der Waals surface area contributed by atoms with Crippen molar-refractivity contribution in [2.45, 2.75) is 18.3 Å². The van der Waals surface area contributed by atoms with Gasteiger partial charge in [-0.05, 0) is 81.6 Å². The summed E-state index contributed by atoms with van der Waals surface area (Å²) in [5.41, 5.74) is 11.3. The van der Waals surface area contributed by atoms with Crippen LogP contribution in [0, 0.1) is 6.07 Å². The summed E-state index contributed by atoms with van der Waals surface area (Å²) in [4.78, 5) is 12.0. The van der Waals surface area contributed by atoms with Gasteiger partial charge >= 0.3 is 23.1 Å². The minimum Gasteiger partial charge on any atom is -1.00 e. The van der Waals surface area contributed by atoms with Gasteiger partial charge in [0.05, 0.1) is 5.41 Å². The molecule has 0 saturated carbocycles. The van der Waals surface area contributed by atoms with E-state index in [1.807, 2.05) is 72.8 Å². The molecule has 6 heteroatoms. The van der Waals surface area contributed by atoms with Gasteiger partial charge in [-0.25, -0.2) is 0 Å². The van der Waals surface area contributed by atoms with E-state index in [1.54, 1.807) is 0 Å². The summed E-state index contributed by atoms with van der Waals surface area (Å²) in [7, 11) is 0. The van der Waals surface area contributed by atoms with E-state index < -0.39 is 0 Å². The van der Waals surface area contributed by atoms with E-state index >= 15 is 0 Å². The second-order valence-corrected chi connectivity index (χ2v) is 14.5. The normalized spacial score (nSPS) is 13.3. The fraction of sp³-hybridized carbons (Fsp3) is 0.104. The van der Waals surface area contributed by atoms with Crippen molar-refractivity contribution in [3.63, 3.8) is 0 Å². The zero-order chi connectivity index (χ0) is 35.8. The van der Waals surface area contributed by atoms with Crippen molar-refractivity contribution in [2.24, 2.45) is 0 Å². The summed E-state index contributed by atoms with van der Waals surface area (Å²) in [6.07, 6.45) is 2.56. The number of ketones is 1. The minimum absolute atomic E-state index is 0. The molecule has 7 aromatic carbocycles. The average Bonchev–Trinajstić information content (AvgIpc) is 3.95.